The lowest BCUT2D eigenvalue weighted by Crippen LogP contribution is -2.39. The molecule has 0 saturated heterocycles. The monoisotopic (exact) mass is 173 g/mol. The maximum absolute atomic E-state index is 4.31. The van der Waals surface area contributed by atoms with Crippen LogP contribution in [-0.2, 0) is 0 Å². The van der Waals surface area contributed by atoms with E-state index in [1.165, 1.54) is 5.47 Å². The minimum absolute atomic E-state index is 0.667. The summed E-state index contributed by atoms with van der Waals surface area (Å²) in [6.45, 7) is 4.51. The quantitative estimate of drug-likeness (QED) is 0.627. The van der Waals surface area contributed by atoms with Crippen LogP contribution in [0.3, 0.4) is 0 Å². The van der Waals surface area contributed by atoms with E-state index < -0.39 is 6.28 Å². The molecule has 0 saturated carbocycles. The predicted octanol–water partition coefficient (Wildman–Crippen LogP) is 2.36. The molecule has 1 aliphatic rings. The van der Waals surface area contributed by atoms with E-state index in [-0.39, 0.29) is 0 Å². The summed E-state index contributed by atoms with van der Waals surface area (Å²) in [6.07, 6.45) is 10.8. The van der Waals surface area contributed by atoms with E-state index >= 15 is 0 Å². The van der Waals surface area contributed by atoms with Crippen LogP contribution in [0.5, 0.6) is 0 Å². The standard InChI is InChI=1S/C10H14BN2/c1-11(2,10-6-3-4-7-10)13-9-5-8-12-13/h3-6,8-9H,7H2,1-2H3/q-1. The molecule has 0 amide bonds. The second-order valence-electron chi connectivity index (χ2n) is 4.16. The van der Waals surface area contributed by atoms with Crippen LogP contribution >= 0.6 is 0 Å². The highest BCUT2D eigenvalue weighted by atomic mass is 15.2. The van der Waals surface area contributed by atoms with E-state index in [4.69, 9.17) is 0 Å². The maximum atomic E-state index is 4.31. The Morgan fingerprint density at radius 1 is 1.46 bits per heavy atom. The lowest BCUT2D eigenvalue weighted by molar-refractivity contribution is 0.930. The molecule has 0 aromatic carbocycles. The van der Waals surface area contributed by atoms with Crippen molar-refractivity contribution in [1.29, 1.82) is 0 Å². The third-order valence-corrected chi connectivity index (χ3v) is 2.89. The SMILES string of the molecule is C[B-](C)(C1=CC=CC1)n1cccn1. The molecule has 0 aliphatic heterocycles. The number of hydrogen-bond donors (Lipinski definition) is 0. The summed E-state index contributed by atoms with van der Waals surface area (Å²) < 4.78 is 2.07. The van der Waals surface area contributed by atoms with Crippen molar-refractivity contribution in [3.8, 4) is 0 Å². The van der Waals surface area contributed by atoms with Gasteiger partial charge < -0.3 is 4.59 Å². The van der Waals surface area contributed by atoms with Crippen molar-refractivity contribution >= 4 is 6.28 Å². The van der Waals surface area contributed by atoms with Gasteiger partial charge in [0.15, 0.2) is 0 Å². The molecule has 0 radical (unpaired) electrons. The van der Waals surface area contributed by atoms with Gasteiger partial charge in [-0.3, -0.25) is 0 Å². The maximum Gasteiger partial charge on any atom is 0.131 e. The van der Waals surface area contributed by atoms with Gasteiger partial charge in [-0.1, -0.05) is 18.2 Å². The van der Waals surface area contributed by atoms with Gasteiger partial charge in [-0.2, -0.15) is 13.6 Å². The predicted molar refractivity (Wildman–Crippen MR) is 56.9 cm³/mol. The van der Waals surface area contributed by atoms with Crippen LogP contribution in [-0.4, -0.2) is 16.0 Å². The Labute approximate surface area is 78.9 Å². The molecular weight excluding hydrogens is 159 g/mol. The first-order valence-electron chi connectivity index (χ1n) is 4.80. The highest BCUT2D eigenvalue weighted by Crippen LogP contribution is 2.23. The van der Waals surface area contributed by atoms with Gasteiger partial charge in [-0.15, -0.1) is 0 Å². The number of hydrogen-bond acceptors (Lipinski definition) is 1. The average Bonchev–Trinajstić information content (AvgIpc) is 2.78. The topological polar surface area (TPSA) is 17.8 Å². The number of allylic oxidation sites excluding steroid dienone is 4. The molecule has 68 valence electrons. The lowest BCUT2D eigenvalue weighted by atomic mass is 9.34. The van der Waals surface area contributed by atoms with E-state index in [0.29, 0.717) is 0 Å². The molecule has 0 spiro atoms. The summed E-state index contributed by atoms with van der Waals surface area (Å²) in [6, 6.07) is 1.98. The van der Waals surface area contributed by atoms with Crippen LogP contribution in [0.15, 0.2) is 42.2 Å². The largest absolute Gasteiger partial charge is 0.442 e. The van der Waals surface area contributed by atoms with Crippen molar-refractivity contribution in [2.24, 2.45) is 0 Å². The second-order valence-corrected chi connectivity index (χ2v) is 4.16. The molecule has 1 heterocycles. The van der Waals surface area contributed by atoms with Crippen LogP contribution in [0.2, 0.25) is 13.6 Å². The molecule has 1 aliphatic carbocycles. The summed E-state index contributed by atoms with van der Waals surface area (Å²) >= 11 is 0. The minimum atomic E-state index is -0.667. The zero-order valence-electron chi connectivity index (χ0n) is 8.14. The molecule has 3 heteroatoms. The Morgan fingerprint density at radius 2 is 2.31 bits per heavy atom. The van der Waals surface area contributed by atoms with Crippen molar-refractivity contribution in [3.05, 3.63) is 42.2 Å². The van der Waals surface area contributed by atoms with Crippen molar-refractivity contribution in [2.45, 2.75) is 20.1 Å². The van der Waals surface area contributed by atoms with Crippen molar-refractivity contribution in [3.63, 3.8) is 0 Å². The third-order valence-electron chi connectivity index (χ3n) is 2.89. The van der Waals surface area contributed by atoms with E-state index in [1.54, 1.807) is 0 Å². The molecule has 2 nitrogen and oxygen atoms in total. The van der Waals surface area contributed by atoms with Gasteiger partial charge in [-0.05, 0) is 18.7 Å². The van der Waals surface area contributed by atoms with Crippen molar-refractivity contribution in [1.82, 2.24) is 9.69 Å². The molecule has 0 bridgehead atoms. The van der Waals surface area contributed by atoms with E-state index in [1.807, 2.05) is 18.5 Å². The molecule has 0 unspecified atom stereocenters. The van der Waals surface area contributed by atoms with Gasteiger partial charge in [0.05, 0.1) is 0 Å². The smallest absolute Gasteiger partial charge is 0.131 e. The highest BCUT2D eigenvalue weighted by Gasteiger charge is 2.19. The first kappa shape index (κ1) is 8.36. The summed E-state index contributed by atoms with van der Waals surface area (Å²) in [7, 11) is 0. The zero-order valence-corrected chi connectivity index (χ0v) is 8.14. The first-order valence-corrected chi connectivity index (χ1v) is 4.80. The van der Waals surface area contributed by atoms with Gasteiger partial charge in [0.25, 0.3) is 0 Å². The van der Waals surface area contributed by atoms with E-state index in [9.17, 15) is 0 Å². The minimum Gasteiger partial charge on any atom is -0.442 e. The molecular formula is C10H14BN2-. The molecule has 0 atom stereocenters. The van der Waals surface area contributed by atoms with E-state index in [0.717, 1.165) is 6.42 Å². The Bertz CT molecular complexity index is 347. The summed E-state index contributed by atoms with van der Waals surface area (Å²) in [5.41, 5.74) is 1.48. The lowest BCUT2D eigenvalue weighted by Gasteiger charge is -2.34. The van der Waals surface area contributed by atoms with Gasteiger partial charge in [0, 0.05) is 6.20 Å². The number of nitrogens with zero attached hydrogens (tertiary/aromatic N) is 2. The summed E-state index contributed by atoms with van der Waals surface area (Å²) in [5, 5.41) is 4.31. The summed E-state index contributed by atoms with van der Waals surface area (Å²) in [4.78, 5) is 0. The second kappa shape index (κ2) is 2.91. The van der Waals surface area contributed by atoms with Gasteiger partial charge in [0.1, 0.15) is 6.28 Å². The van der Waals surface area contributed by atoms with Crippen LogP contribution in [0.25, 0.3) is 0 Å². The van der Waals surface area contributed by atoms with Crippen LogP contribution < -0.4 is 0 Å². The Hall–Kier alpha value is -1.25. The van der Waals surface area contributed by atoms with Crippen molar-refractivity contribution < 1.29 is 0 Å². The summed E-state index contributed by atoms with van der Waals surface area (Å²) in [5.74, 6) is 0. The van der Waals surface area contributed by atoms with Crippen LogP contribution in [0.4, 0.5) is 0 Å². The fraction of sp³-hybridized carbons (Fsp3) is 0.300. The first-order chi connectivity index (χ1) is 6.21. The normalized spacial score (nSPS) is 16.3. The zero-order chi connectivity index (χ0) is 9.31. The number of rotatable bonds is 2. The molecule has 1 aromatic rings. The van der Waals surface area contributed by atoms with Gasteiger partial charge in [-0.25, -0.2) is 10.6 Å². The average molecular weight is 173 g/mol. The van der Waals surface area contributed by atoms with Crippen molar-refractivity contribution in [2.75, 3.05) is 0 Å². The molecule has 1 aromatic heterocycles. The molecule has 13 heavy (non-hydrogen) atoms. The number of aromatic nitrogens is 2. The van der Waals surface area contributed by atoms with Gasteiger partial charge in [0.2, 0.25) is 0 Å². The molecule has 2 rings (SSSR count). The highest BCUT2D eigenvalue weighted by molar-refractivity contribution is 6.82. The fourth-order valence-electron chi connectivity index (χ4n) is 1.82. The Morgan fingerprint density at radius 3 is 2.85 bits per heavy atom. The van der Waals surface area contributed by atoms with Gasteiger partial charge >= 0.3 is 0 Å². The molecule has 0 fully saturated rings. The van der Waals surface area contributed by atoms with E-state index in [2.05, 4.69) is 41.6 Å². The Kier molecular flexibility index (Phi) is 1.87. The fourth-order valence-corrected chi connectivity index (χ4v) is 1.82. The van der Waals surface area contributed by atoms with Crippen LogP contribution in [0, 0.1) is 0 Å². The Balaban J connectivity index is 2.31. The third kappa shape index (κ3) is 1.35. The molecule has 0 N–H and O–H groups in total. The van der Waals surface area contributed by atoms with Crippen LogP contribution in [0.1, 0.15) is 6.42 Å².